The van der Waals surface area contributed by atoms with Gasteiger partial charge in [-0.2, -0.15) is 5.26 Å². The summed E-state index contributed by atoms with van der Waals surface area (Å²) in [5.74, 6) is -4.50. The molecule has 42 heavy (non-hydrogen) atoms. The second kappa shape index (κ2) is 12.0. The second-order valence-corrected chi connectivity index (χ2v) is 12.8. The quantitative estimate of drug-likeness (QED) is 0.270. The Morgan fingerprint density at radius 3 is 2.43 bits per heavy atom. The molecule has 1 N–H and O–H groups in total. The van der Waals surface area contributed by atoms with Gasteiger partial charge in [0.1, 0.15) is 17.4 Å². The van der Waals surface area contributed by atoms with Crippen molar-refractivity contribution in [3.05, 3.63) is 93.0 Å². The molecule has 3 aromatic carbocycles. The van der Waals surface area contributed by atoms with E-state index in [9.17, 15) is 14.9 Å². The average molecular weight is 614 g/mol. The maximum atomic E-state index is 15.8. The Hall–Kier alpha value is -3.47. The molecular formula is C33H32Cl2F2N2O3. The Labute approximate surface area is 254 Å². The van der Waals surface area contributed by atoms with Crippen LogP contribution in [0.25, 0.3) is 0 Å². The number of benzene rings is 3. The maximum absolute atomic E-state index is 15.8. The van der Waals surface area contributed by atoms with Crippen LogP contribution in [0.3, 0.4) is 0 Å². The molecule has 0 heterocycles. The standard InChI is InChI=1S/C33H32Cl2F2N2O3/c1-18(40)19-9-12-27(28(13-19)42-5)39-31(41)23-14-20(16-32(2,3)4)33(17-38,24-11-10-21(34)15-26(24)36)29(23)22-7-6-8-25(35)30(22)37/h6-13,15,20,23,29H,14,16H2,1-5H3,(H,39,41)/t20-,23+,29?,33+/m0/s1. The van der Waals surface area contributed by atoms with Crippen molar-refractivity contribution in [2.75, 3.05) is 12.4 Å². The highest BCUT2D eigenvalue weighted by Crippen LogP contribution is 2.61. The number of ether oxygens (including phenoxy) is 1. The summed E-state index contributed by atoms with van der Waals surface area (Å²) < 4.78 is 37.1. The van der Waals surface area contributed by atoms with Crippen LogP contribution in [0.4, 0.5) is 14.5 Å². The lowest BCUT2D eigenvalue weighted by Gasteiger charge is -2.38. The predicted molar refractivity (Wildman–Crippen MR) is 160 cm³/mol. The molecule has 1 aliphatic carbocycles. The number of ketones is 1. The molecule has 0 radical (unpaired) electrons. The molecule has 220 valence electrons. The van der Waals surface area contributed by atoms with Gasteiger partial charge in [-0.25, -0.2) is 8.78 Å². The molecular weight excluding hydrogens is 581 g/mol. The van der Waals surface area contributed by atoms with Crippen LogP contribution in [-0.2, 0) is 10.2 Å². The lowest BCUT2D eigenvalue weighted by atomic mass is 9.62. The van der Waals surface area contributed by atoms with Crippen molar-refractivity contribution in [3.8, 4) is 11.8 Å². The van der Waals surface area contributed by atoms with E-state index < -0.39 is 40.7 Å². The summed E-state index contributed by atoms with van der Waals surface area (Å²) >= 11 is 12.3. The first-order chi connectivity index (χ1) is 19.7. The summed E-state index contributed by atoms with van der Waals surface area (Å²) in [5, 5.41) is 13.8. The van der Waals surface area contributed by atoms with E-state index in [1.54, 1.807) is 18.2 Å². The third-order valence-corrected chi connectivity index (χ3v) is 8.54. The highest BCUT2D eigenvalue weighted by Gasteiger charge is 2.61. The number of hydrogen-bond acceptors (Lipinski definition) is 4. The number of halogens is 4. The van der Waals surface area contributed by atoms with E-state index in [2.05, 4.69) is 11.4 Å². The van der Waals surface area contributed by atoms with Crippen molar-refractivity contribution in [1.82, 2.24) is 0 Å². The first-order valence-corrected chi connectivity index (χ1v) is 14.3. The number of nitrogens with zero attached hydrogens (tertiary/aromatic N) is 1. The van der Waals surface area contributed by atoms with Gasteiger partial charge in [0.15, 0.2) is 5.78 Å². The summed E-state index contributed by atoms with van der Waals surface area (Å²) in [6.07, 6.45) is 0.616. The van der Waals surface area contributed by atoms with Crippen LogP contribution in [0.15, 0.2) is 54.6 Å². The largest absolute Gasteiger partial charge is 0.495 e. The number of anilines is 1. The van der Waals surface area contributed by atoms with E-state index in [0.717, 1.165) is 6.07 Å². The Morgan fingerprint density at radius 1 is 1.12 bits per heavy atom. The van der Waals surface area contributed by atoms with Crippen LogP contribution in [0, 0.1) is 40.2 Å². The SMILES string of the molecule is COc1cc(C(C)=O)ccc1NC(=O)[C@@H]1C[C@@H](CC(C)(C)C)[C@](C#N)(c2ccc(Cl)cc2F)C1c1cccc(Cl)c1F. The minimum atomic E-state index is -1.64. The van der Waals surface area contributed by atoms with E-state index in [1.807, 2.05) is 20.8 Å². The first-order valence-electron chi connectivity index (χ1n) is 13.5. The van der Waals surface area contributed by atoms with Gasteiger partial charge in [-0.3, -0.25) is 9.59 Å². The van der Waals surface area contributed by atoms with Crippen molar-refractivity contribution < 1.29 is 23.1 Å². The van der Waals surface area contributed by atoms with Crippen LogP contribution in [0.1, 0.15) is 67.9 Å². The fourth-order valence-corrected chi connectivity index (χ4v) is 6.68. The van der Waals surface area contributed by atoms with E-state index in [0.29, 0.717) is 17.7 Å². The number of Topliss-reactive ketones (excluding diaryl/α,β-unsaturated/α-hetero) is 1. The number of nitrogens with one attached hydrogen (secondary N) is 1. The van der Waals surface area contributed by atoms with Gasteiger partial charge in [0, 0.05) is 28.0 Å². The number of carbonyl (C=O) groups excluding carboxylic acids is 2. The summed E-state index contributed by atoms with van der Waals surface area (Å²) in [6.45, 7) is 7.41. The van der Waals surface area contributed by atoms with Gasteiger partial charge < -0.3 is 10.1 Å². The highest BCUT2D eigenvalue weighted by atomic mass is 35.5. The van der Waals surface area contributed by atoms with E-state index in [4.69, 9.17) is 27.9 Å². The smallest absolute Gasteiger partial charge is 0.228 e. The zero-order valence-electron chi connectivity index (χ0n) is 24.0. The molecule has 4 rings (SSSR count). The van der Waals surface area contributed by atoms with E-state index in [1.165, 1.54) is 44.4 Å². The van der Waals surface area contributed by atoms with Gasteiger partial charge in [0.2, 0.25) is 5.91 Å². The molecule has 0 bridgehead atoms. The third-order valence-electron chi connectivity index (χ3n) is 8.02. The molecule has 3 aromatic rings. The second-order valence-electron chi connectivity index (χ2n) is 12.0. The molecule has 1 fully saturated rings. The first kappa shape index (κ1) is 31.5. The molecule has 0 aromatic heterocycles. The molecule has 0 spiro atoms. The van der Waals surface area contributed by atoms with Gasteiger partial charge in [0.05, 0.1) is 29.3 Å². The summed E-state index contributed by atoms with van der Waals surface area (Å²) in [7, 11) is 1.41. The molecule has 1 aliphatic rings. The molecule has 0 aliphatic heterocycles. The zero-order chi connectivity index (χ0) is 31.0. The van der Waals surface area contributed by atoms with Gasteiger partial charge >= 0.3 is 0 Å². The minimum absolute atomic E-state index is 0.0479. The fraction of sp³-hybridized carbons (Fsp3) is 0.364. The Kier molecular flexibility index (Phi) is 9.01. The van der Waals surface area contributed by atoms with Crippen molar-refractivity contribution in [1.29, 1.82) is 5.26 Å². The monoisotopic (exact) mass is 612 g/mol. The lowest BCUT2D eigenvalue weighted by Crippen LogP contribution is -2.39. The average Bonchev–Trinajstić information content (AvgIpc) is 3.23. The maximum Gasteiger partial charge on any atom is 0.228 e. The molecule has 5 nitrogen and oxygen atoms in total. The van der Waals surface area contributed by atoms with Crippen LogP contribution >= 0.6 is 23.2 Å². The Morgan fingerprint density at radius 2 is 1.83 bits per heavy atom. The number of hydrogen-bond donors (Lipinski definition) is 1. The number of rotatable bonds is 7. The van der Waals surface area contributed by atoms with Gasteiger partial charge in [0.25, 0.3) is 0 Å². The molecule has 1 amide bonds. The molecule has 4 atom stereocenters. The van der Waals surface area contributed by atoms with Gasteiger partial charge in [-0.15, -0.1) is 0 Å². The van der Waals surface area contributed by atoms with Crippen molar-refractivity contribution in [2.24, 2.45) is 17.3 Å². The fourth-order valence-electron chi connectivity index (χ4n) is 6.34. The zero-order valence-corrected chi connectivity index (χ0v) is 25.5. The van der Waals surface area contributed by atoms with E-state index >= 15 is 8.78 Å². The van der Waals surface area contributed by atoms with Crippen LogP contribution in [0.5, 0.6) is 5.75 Å². The summed E-state index contributed by atoms with van der Waals surface area (Å²) in [6, 6.07) is 15.5. The molecule has 1 saturated carbocycles. The number of carbonyl (C=O) groups is 2. The molecule has 1 unspecified atom stereocenters. The van der Waals surface area contributed by atoms with Crippen molar-refractivity contribution in [2.45, 2.75) is 51.9 Å². The number of methoxy groups -OCH3 is 1. The number of nitriles is 1. The normalized spacial score (nSPS) is 22.0. The van der Waals surface area contributed by atoms with Crippen molar-refractivity contribution in [3.63, 3.8) is 0 Å². The highest BCUT2D eigenvalue weighted by molar-refractivity contribution is 6.31. The van der Waals surface area contributed by atoms with E-state index in [-0.39, 0.29) is 44.5 Å². The minimum Gasteiger partial charge on any atom is -0.495 e. The predicted octanol–water partition coefficient (Wildman–Crippen LogP) is 8.74. The Bertz CT molecular complexity index is 1580. The summed E-state index contributed by atoms with van der Waals surface area (Å²) in [5.41, 5.74) is -1.16. The van der Waals surface area contributed by atoms with Crippen LogP contribution in [0.2, 0.25) is 10.0 Å². The van der Waals surface area contributed by atoms with Gasteiger partial charge in [-0.05, 0) is 73.1 Å². The number of amides is 1. The molecule has 0 saturated heterocycles. The van der Waals surface area contributed by atoms with Gasteiger partial charge in [-0.1, -0.05) is 62.2 Å². The van der Waals surface area contributed by atoms with Crippen molar-refractivity contribution >= 4 is 40.6 Å². The topological polar surface area (TPSA) is 79.2 Å². The van der Waals surface area contributed by atoms with Crippen LogP contribution in [-0.4, -0.2) is 18.8 Å². The molecule has 9 heteroatoms. The lowest BCUT2D eigenvalue weighted by molar-refractivity contribution is -0.120. The summed E-state index contributed by atoms with van der Waals surface area (Å²) in [4.78, 5) is 26.0. The Balaban J connectivity index is 1.95. The van der Waals surface area contributed by atoms with Crippen LogP contribution < -0.4 is 10.1 Å². The third kappa shape index (κ3) is 5.88.